The molecule has 3 nitrogen and oxygen atoms in total. The SMILES string of the molecule is Cc1ccc2c(c1C=CCCl)C(=O)C(=O)N2. The van der Waals surface area contributed by atoms with Crippen LogP contribution in [0.15, 0.2) is 18.2 Å². The average molecular weight is 236 g/mol. The molecule has 1 heterocycles. The van der Waals surface area contributed by atoms with Crippen molar-refractivity contribution in [1.82, 2.24) is 0 Å². The normalized spacial score (nSPS) is 14.4. The van der Waals surface area contributed by atoms with E-state index >= 15 is 0 Å². The van der Waals surface area contributed by atoms with E-state index in [2.05, 4.69) is 5.32 Å². The number of ketones is 1. The summed E-state index contributed by atoms with van der Waals surface area (Å²) in [5.74, 6) is -0.673. The number of halogens is 1. The molecule has 1 aromatic rings. The standard InChI is InChI=1S/C12H10ClNO2/c1-7-4-5-9-10(8(7)3-2-6-13)11(15)12(16)14-9/h2-5H,6H2,1H3,(H,14,15,16). The van der Waals surface area contributed by atoms with E-state index in [-0.39, 0.29) is 0 Å². The number of carbonyl (C=O) groups is 2. The summed E-state index contributed by atoms with van der Waals surface area (Å²) in [6.07, 6.45) is 3.53. The van der Waals surface area contributed by atoms with E-state index in [1.807, 2.05) is 13.0 Å². The van der Waals surface area contributed by atoms with Gasteiger partial charge in [0.15, 0.2) is 0 Å². The van der Waals surface area contributed by atoms with Crippen molar-refractivity contribution >= 4 is 35.1 Å². The lowest BCUT2D eigenvalue weighted by atomic mass is 9.98. The largest absolute Gasteiger partial charge is 0.318 e. The fourth-order valence-electron chi connectivity index (χ4n) is 1.74. The van der Waals surface area contributed by atoms with Gasteiger partial charge in [-0.2, -0.15) is 0 Å². The highest BCUT2D eigenvalue weighted by Crippen LogP contribution is 2.29. The third kappa shape index (κ3) is 1.63. The van der Waals surface area contributed by atoms with E-state index in [0.717, 1.165) is 11.1 Å². The molecular formula is C12H10ClNO2. The van der Waals surface area contributed by atoms with Crippen LogP contribution in [0.3, 0.4) is 0 Å². The van der Waals surface area contributed by atoms with Gasteiger partial charge < -0.3 is 5.32 Å². The minimum atomic E-state index is -0.568. The number of carbonyl (C=O) groups excluding carboxylic acids is 2. The Kier molecular flexibility index (Phi) is 2.79. The monoisotopic (exact) mass is 235 g/mol. The number of allylic oxidation sites excluding steroid dienone is 1. The molecule has 1 N–H and O–H groups in total. The minimum Gasteiger partial charge on any atom is -0.318 e. The Balaban J connectivity index is 2.61. The Morgan fingerprint density at radius 2 is 2.12 bits per heavy atom. The number of anilines is 1. The van der Waals surface area contributed by atoms with Gasteiger partial charge in [-0.3, -0.25) is 9.59 Å². The topological polar surface area (TPSA) is 46.2 Å². The summed E-state index contributed by atoms with van der Waals surface area (Å²) in [6, 6.07) is 3.61. The fourth-order valence-corrected chi connectivity index (χ4v) is 1.83. The van der Waals surface area contributed by atoms with Crippen LogP contribution in [0.4, 0.5) is 5.69 Å². The Morgan fingerprint density at radius 3 is 2.81 bits per heavy atom. The number of benzene rings is 1. The smallest absolute Gasteiger partial charge is 0.296 e. The highest BCUT2D eigenvalue weighted by Gasteiger charge is 2.30. The molecule has 1 aliphatic heterocycles. The zero-order valence-electron chi connectivity index (χ0n) is 8.71. The van der Waals surface area contributed by atoms with Gasteiger partial charge in [-0.25, -0.2) is 0 Å². The number of fused-ring (bicyclic) bond motifs is 1. The first-order valence-electron chi connectivity index (χ1n) is 4.87. The second-order valence-corrected chi connectivity index (χ2v) is 3.87. The Hall–Kier alpha value is -1.61. The summed E-state index contributed by atoms with van der Waals surface area (Å²) in [5.41, 5.74) is 2.74. The van der Waals surface area contributed by atoms with E-state index in [0.29, 0.717) is 17.1 Å². The van der Waals surface area contributed by atoms with E-state index in [1.165, 1.54) is 0 Å². The first kappa shape index (κ1) is 10.9. The second-order valence-electron chi connectivity index (χ2n) is 3.56. The molecule has 0 aliphatic carbocycles. The van der Waals surface area contributed by atoms with E-state index < -0.39 is 11.7 Å². The molecule has 4 heteroatoms. The molecule has 0 saturated carbocycles. The highest BCUT2D eigenvalue weighted by molar-refractivity contribution is 6.52. The van der Waals surface area contributed by atoms with Gasteiger partial charge >= 0.3 is 0 Å². The summed E-state index contributed by atoms with van der Waals surface area (Å²) < 4.78 is 0. The molecule has 1 aliphatic rings. The summed E-state index contributed by atoms with van der Waals surface area (Å²) in [5, 5.41) is 2.54. The Labute approximate surface area is 98.1 Å². The van der Waals surface area contributed by atoms with Gasteiger partial charge in [0.05, 0.1) is 11.3 Å². The van der Waals surface area contributed by atoms with Crippen LogP contribution in [0.2, 0.25) is 0 Å². The van der Waals surface area contributed by atoms with Gasteiger partial charge in [0, 0.05) is 5.88 Å². The third-order valence-corrected chi connectivity index (χ3v) is 2.70. The summed E-state index contributed by atoms with van der Waals surface area (Å²) >= 11 is 5.57. The van der Waals surface area contributed by atoms with Crippen molar-refractivity contribution in [3.63, 3.8) is 0 Å². The van der Waals surface area contributed by atoms with Crippen molar-refractivity contribution in [1.29, 1.82) is 0 Å². The van der Waals surface area contributed by atoms with Crippen LogP contribution in [0, 0.1) is 6.92 Å². The lowest BCUT2D eigenvalue weighted by Gasteiger charge is -2.05. The molecule has 82 valence electrons. The van der Waals surface area contributed by atoms with Gasteiger partial charge in [0.25, 0.3) is 11.7 Å². The number of nitrogens with one attached hydrogen (secondary N) is 1. The number of alkyl halides is 1. The predicted octanol–water partition coefficient (Wildman–Crippen LogP) is 2.38. The van der Waals surface area contributed by atoms with Crippen LogP contribution < -0.4 is 5.32 Å². The molecule has 0 bridgehead atoms. The summed E-state index contributed by atoms with van der Waals surface area (Å²) in [6.45, 7) is 1.89. The number of Topliss-reactive ketones (excluding diaryl/α,β-unsaturated/α-hetero) is 1. The molecule has 0 spiro atoms. The molecular weight excluding hydrogens is 226 g/mol. The average Bonchev–Trinajstić information content (AvgIpc) is 2.55. The van der Waals surface area contributed by atoms with Crippen molar-refractivity contribution in [2.24, 2.45) is 0 Å². The van der Waals surface area contributed by atoms with Crippen molar-refractivity contribution in [3.05, 3.63) is 34.9 Å². The van der Waals surface area contributed by atoms with Gasteiger partial charge in [0.2, 0.25) is 0 Å². The van der Waals surface area contributed by atoms with E-state index in [9.17, 15) is 9.59 Å². The molecule has 0 radical (unpaired) electrons. The van der Waals surface area contributed by atoms with Crippen LogP contribution in [0.5, 0.6) is 0 Å². The van der Waals surface area contributed by atoms with Gasteiger partial charge in [-0.1, -0.05) is 18.2 Å². The van der Waals surface area contributed by atoms with Crippen molar-refractivity contribution in [2.45, 2.75) is 6.92 Å². The van der Waals surface area contributed by atoms with Gasteiger partial charge in [-0.15, -0.1) is 11.6 Å². The minimum absolute atomic E-state index is 0.374. The highest BCUT2D eigenvalue weighted by atomic mass is 35.5. The van der Waals surface area contributed by atoms with Crippen LogP contribution in [0.25, 0.3) is 6.08 Å². The first-order valence-corrected chi connectivity index (χ1v) is 5.40. The maximum atomic E-state index is 11.7. The number of rotatable bonds is 2. The summed E-state index contributed by atoms with van der Waals surface area (Å²) in [7, 11) is 0. The molecule has 0 atom stereocenters. The molecule has 0 aromatic heterocycles. The Morgan fingerprint density at radius 1 is 1.38 bits per heavy atom. The van der Waals surface area contributed by atoms with Crippen molar-refractivity contribution in [3.8, 4) is 0 Å². The predicted molar refractivity (Wildman–Crippen MR) is 63.9 cm³/mol. The molecule has 1 aromatic carbocycles. The van der Waals surface area contributed by atoms with Crippen LogP contribution in [-0.4, -0.2) is 17.6 Å². The molecule has 1 amide bonds. The van der Waals surface area contributed by atoms with Gasteiger partial charge in [0.1, 0.15) is 0 Å². The van der Waals surface area contributed by atoms with Crippen molar-refractivity contribution < 1.29 is 9.59 Å². The quantitative estimate of drug-likeness (QED) is 0.632. The van der Waals surface area contributed by atoms with Crippen LogP contribution in [0.1, 0.15) is 21.5 Å². The number of hydrogen-bond acceptors (Lipinski definition) is 2. The number of hydrogen-bond donors (Lipinski definition) is 1. The lowest BCUT2D eigenvalue weighted by molar-refractivity contribution is -0.112. The first-order chi connectivity index (χ1) is 7.65. The molecule has 0 fully saturated rings. The second kappa shape index (κ2) is 4.10. The molecule has 0 saturated heterocycles. The molecule has 16 heavy (non-hydrogen) atoms. The maximum absolute atomic E-state index is 11.7. The van der Waals surface area contributed by atoms with Crippen molar-refractivity contribution in [2.75, 3.05) is 11.2 Å². The zero-order chi connectivity index (χ0) is 11.7. The van der Waals surface area contributed by atoms with Crippen LogP contribution >= 0.6 is 11.6 Å². The third-order valence-electron chi connectivity index (χ3n) is 2.52. The number of aryl methyl sites for hydroxylation is 1. The zero-order valence-corrected chi connectivity index (χ0v) is 9.47. The van der Waals surface area contributed by atoms with E-state index in [1.54, 1.807) is 18.2 Å². The Bertz CT molecular complexity index is 506. The lowest BCUT2D eigenvalue weighted by Crippen LogP contribution is -2.13. The van der Waals surface area contributed by atoms with E-state index in [4.69, 9.17) is 11.6 Å². The van der Waals surface area contributed by atoms with Crippen LogP contribution in [-0.2, 0) is 4.79 Å². The maximum Gasteiger partial charge on any atom is 0.296 e. The summed E-state index contributed by atoms with van der Waals surface area (Å²) in [4.78, 5) is 22.9. The van der Waals surface area contributed by atoms with Gasteiger partial charge in [-0.05, 0) is 24.1 Å². The number of amides is 1. The molecule has 2 rings (SSSR count). The molecule has 0 unspecified atom stereocenters. The fraction of sp³-hybridized carbons (Fsp3) is 0.167.